The van der Waals surface area contributed by atoms with Crippen LogP contribution in [0, 0.1) is 0 Å². The third kappa shape index (κ3) is 6.06. The zero-order valence-corrected chi connectivity index (χ0v) is 13.6. The monoisotopic (exact) mass is 312 g/mol. The largest absolute Gasteiger partial charge is 0.370 e. The zero-order chi connectivity index (χ0) is 16.3. The Morgan fingerprint density at radius 1 is 1.09 bits per heavy atom. The van der Waals surface area contributed by atoms with Crippen molar-refractivity contribution in [3.05, 3.63) is 54.0 Å². The summed E-state index contributed by atoms with van der Waals surface area (Å²) >= 11 is 0. The highest BCUT2D eigenvalue weighted by Crippen LogP contribution is 2.06. The number of aromatic nitrogens is 2. The molecule has 0 aliphatic heterocycles. The molecule has 2 aromatic rings. The highest BCUT2D eigenvalue weighted by molar-refractivity contribution is 5.92. The minimum Gasteiger partial charge on any atom is -0.370 e. The summed E-state index contributed by atoms with van der Waals surface area (Å²) < 4.78 is 0. The first-order valence-corrected chi connectivity index (χ1v) is 8.17. The van der Waals surface area contributed by atoms with Gasteiger partial charge >= 0.3 is 0 Å². The summed E-state index contributed by atoms with van der Waals surface area (Å²) in [6, 6.07) is 12.1. The Morgan fingerprint density at radius 3 is 2.70 bits per heavy atom. The van der Waals surface area contributed by atoms with Crippen molar-refractivity contribution in [1.29, 1.82) is 0 Å². The molecule has 0 saturated heterocycles. The molecule has 1 amide bonds. The van der Waals surface area contributed by atoms with Gasteiger partial charge in [-0.05, 0) is 24.8 Å². The highest BCUT2D eigenvalue weighted by atomic mass is 16.1. The van der Waals surface area contributed by atoms with Crippen LogP contribution in [-0.2, 0) is 6.42 Å². The number of amides is 1. The predicted molar refractivity (Wildman–Crippen MR) is 92.5 cm³/mol. The van der Waals surface area contributed by atoms with Crippen LogP contribution in [0.4, 0.5) is 5.82 Å². The molecule has 2 N–H and O–H groups in total. The molecule has 1 aromatic heterocycles. The smallest absolute Gasteiger partial charge is 0.270 e. The van der Waals surface area contributed by atoms with Crippen LogP contribution < -0.4 is 10.6 Å². The maximum absolute atomic E-state index is 12.0. The number of unbranched alkanes of at least 4 members (excludes halogenated alkanes) is 1. The summed E-state index contributed by atoms with van der Waals surface area (Å²) in [5, 5.41) is 6.11. The molecule has 1 heterocycles. The molecule has 0 aliphatic rings. The first kappa shape index (κ1) is 16.9. The molecule has 5 nitrogen and oxygen atoms in total. The van der Waals surface area contributed by atoms with Gasteiger partial charge in [0.25, 0.3) is 5.91 Å². The summed E-state index contributed by atoms with van der Waals surface area (Å²) in [7, 11) is 0. The van der Waals surface area contributed by atoms with E-state index in [1.165, 1.54) is 11.9 Å². The van der Waals surface area contributed by atoms with Crippen molar-refractivity contribution in [2.24, 2.45) is 0 Å². The van der Waals surface area contributed by atoms with Gasteiger partial charge in [0.2, 0.25) is 0 Å². The fraction of sp³-hybridized carbons (Fsp3) is 0.389. The standard InChI is InChI=1S/C18H24N4O/c1-2-3-11-20-18(23)16-13-17(22-14-21-16)19-12-7-10-15-8-5-4-6-9-15/h4-6,8-9,13-14H,2-3,7,10-12H2,1H3,(H,20,23)(H,19,21,22). The number of anilines is 1. The number of hydrogen-bond donors (Lipinski definition) is 2. The van der Waals surface area contributed by atoms with Crippen molar-refractivity contribution in [3.63, 3.8) is 0 Å². The van der Waals surface area contributed by atoms with Crippen molar-refractivity contribution in [2.45, 2.75) is 32.6 Å². The van der Waals surface area contributed by atoms with Crippen LogP contribution in [-0.4, -0.2) is 29.0 Å². The van der Waals surface area contributed by atoms with Crippen molar-refractivity contribution < 1.29 is 4.79 Å². The molecule has 0 unspecified atom stereocenters. The lowest BCUT2D eigenvalue weighted by molar-refractivity contribution is 0.0948. The molecule has 2 rings (SSSR count). The quantitative estimate of drug-likeness (QED) is 0.698. The number of carbonyl (C=O) groups excluding carboxylic acids is 1. The number of nitrogens with one attached hydrogen (secondary N) is 2. The van der Waals surface area contributed by atoms with Gasteiger partial charge in [-0.15, -0.1) is 0 Å². The van der Waals surface area contributed by atoms with Crippen molar-refractivity contribution >= 4 is 11.7 Å². The molecule has 0 aliphatic carbocycles. The van der Waals surface area contributed by atoms with Crippen LogP contribution in [0.3, 0.4) is 0 Å². The lowest BCUT2D eigenvalue weighted by Crippen LogP contribution is -2.25. The van der Waals surface area contributed by atoms with Gasteiger partial charge in [0.15, 0.2) is 0 Å². The minimum absolute atomic E-state index is 0.145. The van der Waals surface area contributed by atoms with Gasteiger partial charge in [-0.25, -0.2) is 9.97 Å². The van der Waals surface area contributed by atoms with Gasteiger partial charge in [-0.2, -0.15) is 0 Å². The Balaban J connectivity index is 1.77. The Bertz CT molecular complexity index is 601. The van der Waals surface area contributed by atoms with Crippen molar-refractivity contribution in [1.82, 2.24) is 15.3 Å². The van der Waals surface area contributed by atoms with Crippen LogP contribution in [0.2, 0.25) is 0 Å². The van der Waals surface area contributed by atoms with Gasteiger partial charge in [-0.1, -0.05) is 43.7 Å². The van der Waals surface area contributed by atoms with Gasteiger partial charge in [0.1, 0.15) is 17.8 Å². The average Bonchev–Trinajstić information content (AvgIpc) is 2.60. The number of nitrogens with zero attached hydrogens (tertiary/aromatic N) is 2. The van der Waals surface area contributed by atoms with Gasteiger partial charge in [0, 0.05) is 19.2 Å². The van der Waals surface area contributed by atoms with Gasteiger partial charge < -0.3 is 10.6 Å². The average molecular weight is 312 g/mol. The van der Waals surface area contributed by atoms with Crippen LogP contribution in [0.1, 0.15) is 42.2 Å². The lowest BCUT2D eigenvalue weighted by atomic mass is 10.1. The summed E-state index contributed by atoms with van der Waals surface area (Å²) in [5.74, 6) is 0.543. The highest BCUT2D eigenvalue weighted by Gasteiger charge is 2.07. The first-order chi connectivity index (χ1) is 11.3. The van der Waals surface area contributed by atoms with Gasteiger partial charge in [-0.3, -0.25) is 4.79 Å². The molecular weight excluding hydrogens is 288 g/mol. The second-order valence-electron chi connectivity index (χ2n) is 5.41. The van der Waals surface area contributed by atoms with Crippen LogP contribution in [0.15, 0.2) is 42.7 Å². The molecule has 0 atom stereocenters. The number of benzene rings is 1. The molecule has 23 heavy (non-hydrogen) atoms. The molecule has 0 fully saturated rings. The van der Waals surface area contributed by atoms with E-state index in [-0.39, 0.29) is 5.91 Å². The van der Waals surface area contributed by atoms with Crippen molar-refractivity contribution in [3.8, 4) is 0 Å². The molecule has 0 bridgehead atoms. The van der Waals surface area contributed by atoms with E-state index in [1.54, 1.807) is 6.07 Å². The van der Waals surface area contributed by atoms with E-state index in [0.29, 0.717) is 18.1 Å². The van der Waals surface area contributed by atoms with E-state index in [2.05, 4.69) is 51.8 Å². The van der Waals surface area contributed by atoms with Crippen LogP contribution >= 0.6 is 0 Å². The normalized spacial score (nSPS) is 10.3. The third-order valence-electron chi connectivity index (χ3n) is 3.51. The summed E-state index contributed by atoms with van der Waals surface area (Å²) in [6.45, 7) is 3.58. The summed E-state index contributed by atoms with van der Waals surface area (Å²) in [5.41, 5.74) is 1.73. The minimum atomic E-state index is -0.145. The Morgan fingerprint density at radius 2 is 1.91 bits per heavy atom. The van der Waals surface area contributed by atoms with E-state index in [4.69, 9.17) is 0 Å². The van der Waals surface area contributed by atoms with Crippen LogP contribution in [0.25, 0.3) is 0 Å². The molecular formula is C18H24N4O. The Hall–Kier alpha value is -2.43. The fourth-order valence-electron chi connectivity index (χ4n) is 2.20. The summed E-state index contributed by atoms with van der Waals surface area (Å²) in [4.78, 5) is 20.1. The number of hydrogen-bond acceptors (Lipinski definition) is 4. The van der Waals surface area contributed by atoms with E-state index in [0.717, 1.165) is 32.2 Å². The maximum Gasteiger partial charge on any atom is 0.270 e. The maximum atomic E-state index is 12.0. The zero-order valence-electron chi connectivity index (χ0n) is 13.6. The van der Waals surface area contributed by atoms with E-state index >= 15 is 0 Å². The topological polar surface area (TPSA) is 66.9 Å². The third-order valence-corrected chi connectivity index (χ3v) is 3.51. The molecule has 0 radical (unpaired) electrons. The lowest BCUT2D eigenvalue weighted by Gasteiger charge is -2.07. The number of aryl methyl sites for hydroxylation is 1. The van der Waals surface area contributed by atoms with E-state index in [1.807, 2.05) is 6.07 Å². The van der Waals surface area contributed by atoms with E-state index < -0.39 is 0 Å². The second-order valence-corrected chi connectivity index (χ2v) is 5.41. The number of carbonyl (C=O) groups is 1. The number of rotatable bonds is 9. The first-order valence-electron chi connectivity index (χ1n) is 8.17. The molecule has 0 spiro atoms. The molecule has 122 valence electrons. The molecule has 0 saturated carbocycles. The Kier molecular flexibility index (Phi) is 7.04. The molecule has 1 aromatic carbocycles. The predicted octanol–water partition coefficient (Wildman–Crippen LogP) is 3.05. The molecule has 5 heteroatoms. The summed E-state index contributed by atoms with van der Waals surface area (Å²) in [6.07, 6.45) is 5.48. The van der Waals surface area contributed by atoms with Crippen LogP contribution in [0.5, 0.6) is 0 Å². The Labute approximate surface area is 137 Å². The van der Waals surface area contributed by atoms with Gasteiger partial charge in [0.05, 0.1) is 0 Å². The SMILES string of the molecule is CCCCNC(=O)c1cc(NCCCc2ccccc2)ncn1. The fourth-order valence-corrected chi connectivity index (χ4v) is 2.20. The second kappa shape index (κ2) is 9.56. The van der Waals surface area contributed by atoms with Crippen molar-refractivity contribution in [2.75, 3.05) is 18.4 Å². The van der Waals surface area contributed by atoms with E-state index in [9.17, 15) is 4.79 Å².